The number of hydrogen-bond acceptors (Lipinski definition) is 5. The van der Waals surface area contributed by atoms with Gasteiger partial charge in [-0.3, -0.25) is 9.38 Å². The van der Waals surface area contributed by atoms with Gasteiger partial charge in [-0.2, -0.15) is 0 Å². The van der Waals surface area contributed by atoms with E-state index in [1.54, 1.807) is 0 Å². The number of rotatable bonds is 9. The Bertz CT molecular complexity index is 733. The Morgan fingerprint density at radius 1 is 0.857 bits per heavy atom. The maximum Gasteiger partial charge on any atom is 0.100 e. The van der Waals surface area contributed by atoms with Crippen molar-refractivity contribution in [2.24, 2.45) is 0 Å². The fraction of sp³-hybridized carbons (Fsp3) is 0.364. The van der Waals surface area contributed by atoms with Crippen molar-refractivity contribution in [2.75, 3.05) is 74.5 Å². The molecule has 1 heterocycles. The molecule has 0 amide bonds. The smallest absolute Gasteiger partial charge is 0.100 e. The van der Waals surface area contributed by atoms with Crippen molar-refractivity contribution in [3.63, 3.8) is 0 Å². The van der Waals surface area contributed by atoms with Gasteiger partial charge >= 0.3 is 0 Å². The fourth-order valence-corrected chi connectivity index (χ4v) is 3.61. The molecular weight excluding hydrogens is 348 g/mol. The molecule has 6 nitrogen and oxygen atoms in total. The number of nitrogens with two attached hydrogens (primary N) is 2. The molecule has 1 aliphatic heterocycles. The topological polar surface area (TPSA) is 79.3 Å². The van der Waals surface area contributed by atoms with Crippen LogP contribution in [0.5, 0.6) is 0 Å². The van der Waals surface area contributed by atoms with Crippen molar-refractivity contribution in [1.29, 1.82) is 0 Å². The van der Waals surface area contributed by atoms with E-state index in [1.165, 1.54) is 0 Å². The third-order valence-electron chi connectivity index (χ3n) is 5.58. The molecule has 150 valence electrons. The molecule has 1 fully saturated rings. The Labute approximate surface area is 168 Å². The van der Waals surface area contributed by atoms with Gasteiger partial charge in [0, 0.05) is 48.9 Å². The van der Waals surface area contributed by atoms with Crippen LogP contribution in [0.25, 0.3) is 0 Å². The molecular formula is C22H33N6+. The van der Waals surface area contributed by atoms with Crippen LogP contribution in [0.15, 0.2) is 61.3 Å². The van der Waals surface area contributed by atoms with Crippen molar-refractivity contribution in [3.8, 4) is 0 Å². The monoisotopic (exact) mass is 381 g/mol. The summed E-state index contributed by atoms with van der Waals surface area (Å²) in [6.45, 7) is 12.5. The van der Waals surface area contributed by atoms with Crippen molar-refractivity contribution in [2.45, 2.75) is 0 Å². The van der Waals surface area contributed by atoms with Gasteiger partial charge < -0.3 is 22.1 Å². The van der Waals surface area contributed by atoms with Crippen molar-refractivity contribution < 1.29 is 4.48 Å². The summed E-state index contributed by atoms with van der Waals surface area (Å²) in [5.41, 5.74) is 15.3. The molecule has 0 radical (unpaired) electrons. The first kappa shape index (κ1) is 20.0. The third-order valence-corrected chi connectivity index (χ3v) is 5.58. The van der Waals surface area contributed by atoms with Crippen molar-refractivity contribution in [1.82, 2.24) is 4.90 Å². The second-order valence-electron chi connectivity index (χ2n) is 7.51. The fourth-order valence-electron chi connectivity index (χ4n) is 3.61. The van der Waals surface area contributed by atoms with Crippen molar-refractivity contribution >= 4 is 22.7 Å². The van der Waals surface area contributed by atoms with Gasteiger partial charge in [0.2, 0.25) is 0 Å². The Morgan fingerprint density at radius 3 is 1.86 bits per heavy atom. The molecule has 0 saturated carbocycles. The zero-order chi connectivity index (χ0) is 19.8. The van der Waals surface area contributed by atoms with E-state index in [2.05, 4.69) is 28.3 Å². The van der Waals surface area contributed by atoms with Gasteiger partial charge in [0.15, 0.2) is 0 Å². The molecule has 0 bridgehead atoms. The second-order valence-corrected chi connectivity index (χ2v) is 7.51. The Morgan fingerprint density at radius 2 is 1.36 bits per heavy atom. The predicted molar refractivity (Wildman–Crippen MR) is 120 cm³/mol. The van der Waals surface area contributed by atoms with Crippen LogP contribution >= 0.6 is 0 Å². The van der Waals surface area contributed by atoms with E-state index in [0.29, 0.717) is 0 Å². The molecule has 0 aliphatic carbocycles. The van der Waals surface area contributed by atoms with Gasteiger partial charge in [-0.15, -0.1) is 0 Å². The summed E-state index contributed by atoms with van der Waals surface area (Å²) >= 11 is 0. The quantitative estimate of drug-likeness (QED) is 0.397. The van der Waals surface area contributed by atoms with E-state index in [9.17, 15) is 0 Å². The predicted octanol–water partition coefficient (Wildman–Crippen LogP) is 2.65. The molecule has 3 rings (SSSR count). The van der Waals surface area contributed by atoms with E-state index in [1.807, 2.05) is 48.5 Å². The summed E-state index contributed by atoms with van der Waals surface area (Å²) in [6, 6.07) is 15.8. The average Bonchev–Trinajstić information content (AvgIpc) is 2.72. The molecule has 0 unspecified atom stereocenters. The maximum absolute atomic E-state index is 5.74. The summed E-state index contributed by atoms with van der Waals surface area (Å²) in [6.07, 6.45) is 2.12. The zero-order valence-corrected chi connectivity index (χ0v) is 16.6. The zero-order valence-electron chi connectivity index (χ0n) is 16.6. The molecule has 1 saturated heterocycles. The van der Waals surface area contributed by atoms with Crippen LogP contribution in [-0.4, -0.2) is 61.7 Å². The number of piperazine rings is 1. The van der Waals surface area contributed by atoms with Crippen LogP contribution < -0.4 is 22.1 Å². The normalized spacial score (nSPS) is 16.4. The minimum Gasteiger partial charge on any atom is -0.399 e. The standard InChI is InChI=1S/C22H33N6/c1-2-28(16-12-26-22-9-5-20(24)6-10-22)17-14-27(15-18-28)13-11-25-21-7-3-19(23)4-8-21/h2-10,25-26H,1,11-18,23-24H2/q+1. The second kappa shape index (κ2) is 9.48. The first-order valence-corrected chi connectivity index (χ1v) is 9.99. The molecule has 2 aromatic carbocycles. The number of hydrogen-bond donors (Lipinski definition) is 4. The first-order valence-electron chi connectivity index (χ1n) is 9.99. The Balaban J connectivity index is 1.38. The van der Waals surface area contributed by atoms with Crippen LogP contribution in [-0.2, 0) is 0 Å². The van der Waals surface area contributed by atoms with Crippen LogP contribution in [0.3, 0.4) is 0 Å². The summed E-state index contributed by atoms with van der Waals surface area (Å²) in [5.74, 6) is 0. The number of nitrogens with zero attached hydrogens (tertiary/aromatic N) is 2. The molecule has 1 aliphatic rings. The summed E-state index contributed by atoms with van der Waals surface area (Å²) in [7, 11) is 0. The molecule has 0 aromatic heterocycles. The highest BCUT2D eigenvalue weighted by molar-refractivity contribution is 5.51. The molecule has 2 aromatic rings. The molecule has 0 atom stereocenters. The molecule has 6 heteroatoms. The number of nitrogens with one attached hydrogen (secondary N) is 2. The Hall–Kier alpha value is -2.70. The highest BCUT2D eigenvalue weighted by Gasteiger charge is 2.29. The van der Waals surface area contributed by atoms with Gasteiger partial charge in [0.05, 0.1) is 25.8 Å². The van der Waals surface area contributed by atoms with Gasteiger partial charge in [0.1, 0.15) is 6.54 Å². The van der Waals surface area contributed by atoms with Crippen LogP contribution in [0.1, 0.15) is 0 Å². The van der Waals surface area contributed by atoms with Gasteiger partial charge in [-0.05, 0) is 55.1 Å². The minimum absolute atomic E-state index is 0.794. The van der Waals surface area contributed by atoms with E-state index in [0.717, 1.165) is 79.6 Å². The van der Waals surface area contributed by atoms with E-state index in [-0.39, 0.29) is 0 Å². The number of anilines is 4. The van der Waals surface area contributed by atoms with Gasteiger partial charge in [0.25, 0.3) is 0 Å². The highest BCUT2D eigenvalue weighted by atomic mass is 15.4. The highest BCUT2D eigenvalue weighted by Crippen LogP contribution is 2.16. The SMILES string of the molecule is C=C[N+]1(CCNc2ccc(N)cc2)CCN(CCNc2ccc(N)cc2)CC1. The largest absolute Gasteiger partial charge is 0.399 e. The summed E-state index contributed by atoms with van der Waals surface area (Å²) < 4.78 is 0.962. The molecule has 6 N–H and O–H groups in total. The number of quaternary nitrogens is 1. The first-order chi connectivity index (χ1) is 13.6. The van der Waals surface area contributed by atoms with E-state index in [4.69, 9.17) is 11.5 Å². The number of benzene rings is 2. The number of nitrogen functional groups attached to an aromatic ring is 2. The lowest BCUT2D eigenvalue weighted by atomic mass is 10.2. The van der Waals surface area contributed by atoms with E-state index >= 15 is 0 Å². The van der Waals surface area contributed by atoms with Crippen LogP contribution in [0.4, 0.5) is 22.7 Å². The van der Waals surface area contributed by atoms with Crippen LogP contribution in [0, 0.1) is 0 Å². The maximum atomic E-state index is 5.74. The van der Waals surface area contributed by atoms with E-state index < -0.39 is 0 Å². The molecule has 0 spiro atoms. The van der Waals surface area contributed by atoms with Gasteiger partial charge in [-0.1, -0.05) is 0 Å². The lowest BCUT2D eigenvalue weighted by Crippen LogP contribution is -2.58. The Kier molecular flexibility index (Phi) is 6.79. The lowest BCUT2D eigenvalue weighted by molar-refractivity contribution is -0.882. The van der Waals surface area contributed by atoms with Crippen LogP contribution in [0.2, 0.25) is 0 Å². The minimum atomic E-state index is 0.794. The molecule has 28 heavy (non-hydrogen) atoms. The third kappa shape index (κ3) is 5.65. The summed E-state index contributed by atoms with van der Waals surface area (Å²) in [5, 5.41) is 6.96. The van der Waals surface area contributed by atoms with Crippen molar-refractivity contribution in [3.05, 3.63) is 61.3 Å². The van der Waals surface area contributed by atoms with Gasteiger partial charge in [-0.25, -0.2) is 0 Å². The lowest BCUT2D eigenvalue weighted by Gasteiger charge is -2.42. The summed E-state index contributed by atoms with van der Waals surface area (Å²) in [4.78, 5) is 2.53. The average molecular weight is 382 g/mol.